The van der Waals surface area contributed by atoms with Gasteiger partial charge in [-0.15, -0.1) is 0 Å². The number of ketones is 2. The molecule has 0 heterocycles. The first kappa shape index (κ1) is 12.8. The third kappa shape index (κ3) is 2.29. The predicted molar refractivity (Wildman–Crippen MR) is 65.9 cm³/mol. The summed E-state index contributed by atoms with van der Waals surface area (Å²) in [6, 6.07) is 0. The molecular weight excluding hydrogens is 232 g/mol. The average Bonchev–Trinajstić information content (AvgIpc) is 2.36. The van der Waals surface area contributed by atoms with Crippen molar-refractivity contribution < 1.29 is 19.1 Å². The fraction of sp³-hybridized carbons (Fsp3) is 0.429. The smallest absolute Gasteiger partial charge is 0.186 e. The molecule has 0 amide bonds. The quantitative estimate of drug-likeness (QED) is 0.711. The molecule has 0 saturated carbocycles. The Hall–Kier alpha value is -1.68. The van der Waals surface area contributed by atoms with Crippen molar-refractivity contribution in [3.8, 4) is 0 Å². The molecule has 2 rings (SSSR count). The first-order chi connectivity index (χ1) is 8.67. The average molecular weight is 248 g/mol. The van der Waals surface area contributed by atoms with Crippen molar-refractivity contribution in [2.75, 3.05) is 13.2 Å². The van der Waals surface area contributed by atoms with Crippen LogP contribution in [0.25, 0.3) is 0 Å². The van der Waals surface area contributed by atoms with Crippen LogP contribution in [0.2, 0.25) is 0 Å². The van der Waals surface area contributed by atoms with E-state index in [0.717, 1.165) is 0 Å². The first-order valence-electron chi connectivity index (χ1n) is 6.13. The van der Waals surface area contributed by atoms with Gasteiger partial charge in [0.15, 0.2) is 11.6 Å². The molecule has 0 spiro atoms. The summed E-state index contributed by atoms with van der Waals surface area (Å²) in [6.45, 7) is 4.81. The Morgan fingerprint density at radius 2 is 1.89 bits per heavy atom. The van der Waals surface area contributed by atoms with Gasteiger partial charge >= 0.3 is 0 Å². The fourth-order valence-corrected chi connectivity index (χ4v) is 2.16. The van der Waals surface area contributed by atoms with Gasteiger partial charge in [-0.05, 0) is 32.1 Å². The van der Waals surface area contributed by atoms with E-state index in [9.17, 15) is 9.59 Å². The summed E-state index contributed by atoms with van der Waals surface area (Å²) < 4.78 is 11.1. The molecule has 0 aromatic rings. The van der Waals surface area contributed by atoms with Gasteiger partial charge in [0.25, 0.3) is 0 Å². The second-order valence-corrected chi connectivity index (χ2v) is 4.08. The Morgan fingerprint density at radius 1 is 1.17 bits per heavy atom. The third-order valence-electron chi connectivity index (χ3n) is 2.95. The van der Waals surface area contributed by atoms with Crippen LogP contribution in [-0.2, 0) is 19.1 Å². The summed E-state index contributed by atoms with van der Waals surface area (Å²) in [5.74, 6) is 0.382. The van der Waals surface area contributed by atoms with Crippen LogP contribution >= 0.6 is 0 Å². The van der Waals surface area contributed by atoms with Gasteiger partial charge in [-0.25, -0.2) is 0 Å². The summed E-state index contributed by atoms with van der Waals surface area (Å²) in [7, 11) is 0. The van der Waals surface area contributed by atoms with Gasteiger partial charge in [0, 0.05) is 24.2 Å². The molecule has 0 aliphatic heterocycles. The minimum absolute atomic E-state index is 0.110. The number of carbonyl (C=O) groups excluding carboxylic acids is 2. The van der Waals surface area contributed by atoms with Gasteiger partial charge < -0.3 is 9.47 Å². The molecule has 0 bridgehead atoms. The third-order valence-corrected chi connectivity index (χ3v) is 2.95. The molecule has 0 N–H and O–H groups in total. The fourth-order valence-electron chi connectivity index (χ4n) is 2.16. The van der Waals surface area contributed by atoms with Gasteiger partial charge in [0.1, 0.15) is 11.9 Å². The van der Waals surface area contributed by atoms with Crippen molar-refractivity contribution in [1.29, 1.82) is 0 Å². The number of ether oxygens (including phenoxy) is 2. The Labute approximate surface area is 106 Å². The summed E-state index contributed by atoms with van der Waals surface area (Å²) in [5, 5.41) is 0. The molecule has 18 heavy (non-hydrogen) atoms. The summed E-state index contributed by atoms with van der Waals surface area (Å²) in [6.07, 6.45) is 4.42. The molecule has 0 fully saturated rings. The maximum absolute atomic E-state index is 11.8. The normalized spacial score (nSPS) is 23.0. The predicted octanol–water partition coefficient (Wildman–Crippen LogP) is 1.72. The van der Waals surface area contributed by atoms with Crippen molar-refractivity contribution in [2.45, 2.75) is 26.4 Å². The highest BCUT2D eigenvalue weighted by Gasteiger charge is 2.31. The monoisotopic (exact) mass is 248 g/mol. The molecule has 2 aliphatic carbocycles. The Morgan fingerprint density at radius 3 is 2.56 bits per heavy atom. The minimum atomic E-state index is -0.267. The van der Waals surface area contributed by atoms with Crippen LogP contribution in [-0.4, -0.2) is 30.9 Å². The van der Waals surface area contributed by atoms with Crippen molar-refractivity contribution in [2.24, 2.45) is 0 Å². The highest BCUT2D eigenvalue weighted by atomic mass is 16.5. The van der Waals surface area contributed by atoms with E-state index in [0.29, 0.717) is 36.5 Å². The van der Waals surface area contributed by atoms with Crippen LogP contribution in [0, 0.1) is 0 Å². The van der Waals surface area contributed by atoms with Crippen molar-refractivity contribution in [1.82, 2.24) is 0 Å². The van der Waals surface area contributed by atoms with E-state index in [-0.39, 0.29) is 17.7 Å². The lowest BCUT2D eigenvalue weighted by Crippen LogP contribution is -2.27. The second kappa shape index (κ2) is 5.31. The molecular formula is C14H16O4. The Kier molecular flexibility index (Phi) is 3.77. The van der Waals surface area contributed by atoms with E-state index in [1.54, 1.807) is 6.08 Å². The molecule has 1 unspecified atom stereocenters. The van der Waals surface area contributed by atoms with Gasteiger partial charge in [0.2, 0.25) is 0 Å². The molecule has 96 valence electrons. The lowest BCUT2D eigenvalue weighted by atomic mass is 9.86. The number of hydrogen-bond acceptors (Lipinski definition) is 4. The van der Waals surface area contributed by atoms with E-state index in [4.69, 9.17) is 9.47 Å². The zero-order chi connectivity index (χ0) is 13.1. The summed E-state index contributed by atoms with van der Waals surface area (Å²) in [4.78, 5) is 23.5. The molecule has 4 nitrogen and oxygen atoms in total. The maximum Gasteiger partial charge on any atom is 0.186 e. The van der Waals surface area contributed by atoms with Crippen molar-refractivity contribution in [3.63, 3.8) is 0 Å². The maximum atomic E-state index is 11.8. The minimum Gasteiger partial charge on any atom is -0.495 e. The number of allylic oxidation sites excluding steroid dienone is 4. The Balaban J connectivity index is 2.35. The van der Waals surface area contributed by atoms with Crippen LogP contribution < -0.4 is 0 Å². The molecule has 0 aromatic heterocycles. The van der Waals surface area contributed by atoms with Gasteiger partial charge in [-0.3, -0.25) is 9.59 Å². The molecule has 2 aliphatic rings. The van der Waals surface area contributed by atoms with Gasteiger partial charge in [-0.2, -0.15) is 0 Å². The van der Waals surface area contributed by atoms with E-state index in [1.807, 2.05) is 13.8 Å². The molecule has 0 aromatic carbocycles. The highest BCUT2D eigenvalue weighted by molar-refractivity contribution is 6.21. The summed E-state index contributed by atoms with van der Waals surface area (Å²) in [5.41, 5.74) is 0.978. The Bertz CT molecular complexity index is 468. The lowest BCUT2D eigenvalue weighted by molar-refractivity contribution is -0.115. The molecule has 4 heteroatoms. The number of hydrogen-bond donors (Lipinski definition) is 0. The standard InChI is InChI=1S/C14H16O4/c1-3-17-13-7-9-10(8-14(13)18-4-2)12(16)6-5-11(9)15/h5-7,14H,3-4,8H2,1-2H3. The zero-order valence-electron chi connectivity index (χ0n) is 10.6. The van der Waals surface area contributed by atoms with Gasteiger partial charge in [-0.1, -0.05) is 0 Å². The number of rotatable bonds is 4. The highest BCUT2D eigenvalue weighted by Crippen LogP contribution is 2.30. The topological polar surface area (TPSA) is 52.6 Å². The van der Waals surface area contributed by atoms with Crippen LogP contribution in [0.4, 0.5) is 0 Å². The van der Waals surface area contributed by atoms with Crippen LogP contribution in [0.15, 0.2) is 35.1 Å². The lowest BCUT2D eigenvalue weighted by Gasteiger charge is -2.27. The van der Waals surface area contributed by atoms with Crippen molar-refractivity contribution >= 4 is 11.6 Å². The molecule has 0 radical (unpaired) electrons. The van der Waals surface area contributed by atoms with Gasteiger partial charge in [0.05, 0.1) is 6.61 Å². The molecule has 1 atom stereocenters. The van der Waals surface area contributed by atoms with Crippen LogP contribution in [0.1, 0.15) is 20.3 Å². The van der Waals surface area contributed by atoms with E-state index in [2.05, 4.69) is 0 Å². The van der Waals surface area contributed by atoms with Crippen molar-refractivity contribution in [3.05, 3.63) is 35.1 Å². The largest absolute Gasteiger partial charge is 0.495 e. The number of carbonyl (C=O) groups is 2. The van der Waals surface area contributed by atoms with E-state index >= 15 is 0 Å². The van der Waals surface area contributed by atoms with Crippen LogP contribution in [0.3, 0.4) is 0 Å². The first-order valence-corrected chi connectivity index (χ1v) is 6.13. The van der Waals surface area contributed by atoms with E-state index in [1.165, 1.54) is 12.2 Å². The zero-order valence-corrected chi connectivity index (χ0v) is 10.6. The molecule has 0 saturated heterocycles. The summed E-state index contributed by atoms with van der Waals surface area (Å²) >= 11 is 0. The SMILES string of the molecule is CCOC1=CC2=C(CC1OCC)C(=O)C=CC2=O. The second-order valence-electron chi connectivity index (χ2n) is 4.08. The van der Waals surface area contributed by atoms with E-state index < -0.39 is 0 Å². The van der Waals surface area contributed by atoms with Crippen LogP contribution in [0.5, 0.6) is 0 Å².